The fraction of sp³-hybridized carbons (Fsp3) is 0.556. The molecule has 0 fully saturated rings. The summed E-state index contributed by atoms with van der Waals surface area (Å²) >= 11 is 11.6. The van der Waals surface area contributed by atoms with Gasteiger partial charge in [-0.1, -0.05) is 36.5 Å². The fourth-order valence-electron chi connectivity index (χ4n) is 1.29. The highest BCUT2D eigenvalue weighted by molar-refractivity contribution is 6.32. The minimum atomic E-state index is -0.611. The van der Waals surface area contributed by atoms with Crippen molar-refractivity contribution in [2.75, 3.05) is 0 Å². The molecule has 0 radical (unpaired) electrons. The van der Waals surface area contributed by atoms with Crippen LogP contribution in [-0.2, 0) is 0 Å². The van der Waals surface area contributed by atoms with Gasteiger partial charge in [0.05, 0.1) is 6.10 Å². The Hall–Kier alpha value is -0.380. The molecule has 0 aromatic carbocycles. The van der Waals surface area contributed by atoms with Crippen LogP contribution in [0, 0.1) is 6.92 Å². The standard InChI is InChI=1S/C9H12Cl2N2O/c1-3-4-6(14)7-5(2)8(10)12-13-9(7)11/h6,14H,3-4H2,1-2H3. The van der Waals surface area contributed by atoms with Gasteiger partial charge in [-0.25, -0.2) is 0 Å². The zero-order valence-electron chi connectivity index (χ0n) is 8.09. The van der Waals surface area contributed by atoms with E-state index in [-0.39, 0.29) is 5.15 Å². The van der Waals surface area contributed by atoms with E-state index in [1.54, 1.807) is 6.92 Å². The molecule has 1 rings (SSSR count). The summed E-state index contributed by atoms with van der Waals surface area (Å²) in [5.74, 6) is 0. The molecule has 0 spiro atoms. The first-order valence-electron chi connectivity index (χ1n) is 4.44. The minimum absolute atomic E-state index is 0.229. The Morgan fingerprint density at radius 1 is 1.29 bits per heavy atom. The molecular weight excluding hydrogens is 223 g/mol. The molecule has 1 atom stereocenters. The SMILES string of the molecule is CCCC(O)c1c(Cl)nnc(Cl)c1C. The Kier molecular flexibility index (Phi) is 4.11. The molecule has 3 nitrogen and oxygen atoms in total. The molecule has 0 bridgehead atoms. The van der Waals surface area contributed by atoms with E-state index in [0.29, 0.717) is 22.7 Å². The first kappa shape index (κ1) is 11.7. The number of halogens is 2. The number of aromatic nitrogens is 2. The van der Waals surface area contributed by atoms with Gasteiger partial charge >= 0.3 is 0 Å². The number of nitrogens with zero attached hydrogens (tertiary/aromatic N) is 2. The average Bonchev–Trinajstić information content (AvgIpc) is 2.13. The highest BCUT2D eigenvalue weighted by Crippen LogP contribution is 2.29. The lowest BCUT2D eigenvalue weighted by molar-refractivity contribution is 0.165. The lowest BCUT2D eigenvalue weighted by atomic mass is 10.0. The summed E-state index contributed by atoms with van der Waals surface area (Å²) in [6.45, 7) is 3.76. The summed E-state index contributed by atoms with van der Waals surface area (Å²) in [4.78, 5) is 0. The quantitative estimate of drug-likeness (QED) is 0.875. The smallest absolute Gasteiger partial charge is 0.157 e. The maximum atomic E-state index is 9.80. The molecular formula is C9H12Cl2N2O. The molecule has 0 aliphatic heterocycles. The third-order valence-corrected chi connectivity index (χ3v) is 2.69. The van der Waals surface area contributed by atoms with Crippen molar-refractivity contribution < 1.29 is 5.11 Å². The molecule has 5 heteroatoms. The van der Waals surface area contributed by atoms with Crippen LogP contribution in [-0.4, -0.2) is 15.3 Å². The summed E-state index contributed by atoms with van der Waals surface area (Å²) in [6.07, 6.45) is 0.903. The van der Waals surface area contributed by atoms with Gasteiger partial charge in [-0.05, 0) is 18.9 Å². The number of aliphatic hydroxyl groups excluding tert-OH is 1. The Bertz CT molecular complexity index is 331. The second kappa shape index (κ2) is 4.91. The largest absolute Gasteiger partial charge is 0.388 e. The number of rotatable bonds is 3. The van der Waals surface area contributed by atoms with E-state index in [4.69, 9.17) is 23.2 Å². The van der Waals surface area contributed by atoms with Crippen LogP contribution in [0.25, 0.3) is 0 Å². The highest BCUT2D eigenvalue weighted by Gasteiger charge is 2.17. The van der Waals surface area contributed by atoms with Crippen molar-refractivity contribution in [2.45, 2.75) is 32.8 Å². The second-order valence-electron chi connectivity index (χ2n) is 3.12. The van der Waals surface area contributed by atoms with Crippen molar-refractivity contribution in [3.8, 4) is 0 Å². The van der Waals surface area contributed by atoms with E-state index < -0.39 is 6.10 Å². The summed E-state index contributed by atoms with van der Waals surface area (Å²) in [6, 6.07) is 0. The number of hydrogen-bond acceptors (Lipinski definition) is 3. The molecule has 0 aliphatic carbocycles. The predicted octanol–water partition coefficient (Wildman–Crippen LogP) is 2.93. The van der Waals surface area contributed by atoms with Crippen LogP contribution in [0.3, 0.4) is 0 Å². The molecule has 78 valence electrons. The van der Waals surface area contributed by atoms with E-state index in [9.17, 15) is 5.11 Å². The van der Waals surface area contributed by atoms with Crippen LogP contribution in [0.15, 0.2) is 0 Å². The topological polar surface area (TPSA) is 46.0 Å². The molecule has 1 N–H and O–H groups in total. The molecule has 0 saturated heterocycles. The Morgan fingerprint density at radius 2 is 1.86 bits per heavy atom. The summed E-state index contributed by atoms with van der Waals surface area (Å²) in [5, 5.41) is 17.6. The van der Waals surface area contributed by atoms with E-state index >= 15 is 0 Å². The van der Waals surface area contributed by atoms with E-state index in [2.05, 4.69) is 10.2 Å². The second-order valence-corrected chi connectivity index (χ2v) is 3.84. The van der Waals surface area contributed by atoms with Crippen molar-refractivity contribution in [2.24, 2.45) is 0 Å². The molecule has 1 heterocycles. The van der Waals surface area contributed by atoms with Crippen LogP contribution in [0.4, 0.5) is 0 Å². The van der Waals surface area contributed by atoms with Crippen LogP contribution in [0.1, 0.15) is 37.0 Å². The van der Waals surface area contributed by atoms with Gasteiger partial charge in [0.15, 0.2) is 10.3 Å². The van der Waals surface area contributed by atoms with Crippen LogP contribution >= 0.6 is 23.2 Å². The highest BCUT2D eigenvalue weighted by atomic mass is 35.5. The van der Waals surface area contributed by atoms with Crippen molar-refractivity contribution >= 4 is 23.2 Å². The van der Waals surface area contributed by atoms with Gasteiger partial charge < -0.3 is 5.11 Å². The number of aliphatic hydroxyl groups is 1. The van der Waals surface area contributed by atoms with Gasteiger partial charge in [0.2, 0.25) is 0 Å². The third-order valence-electron chi connectivity index (χ3n) is 2.06. The average molecular weight is 235 g/mol. The van der Waals surface area contributed by atoms with Crippen LogP contribution in [0.2, 0.25) is 10.3 Å². The molecule has 0 aliphatic rings. The fourth-order valence-corrected chi connectivity index (χ4v) is 1.73. The first-order valence-corrected chi connectivity index (χ1v) is 5.19. The maximum absolute atomic E-state index is 9.80. The normalized spacial score (nSPS) is 12.9. The number of hydrogen-bond donors (Lipinski definition) is 1. The predicted molar refractivity (Wildman–Crippen MR) is 56.7 cm³/mol. The molecule has 1 aromatic rings. The zero-order chi connectivity index (χ0) is 10.7. The summed E-state index contributed by atoms with van der Waals surface area (Å²) in [7, 11) is 0. The maximum Gasteiger partial charge on any atom is 0.157 e. The Labute approximate surface area is 93.1 Å². The zero-order valence-corrected chi connectivity index (χ0v) is 9.60. The van der Waals surface area contributed by atoms with Crippen molar-refractivity contribution in [3.63, 3.8) is 0 Å². The van der Waals surface area contributed by atoms with Crippen LogP contribution in [0.5, 0.6) is 0 Å². The lowest BCUT2D eigenvalue weighted by Crippen LogP contribution is -2.04. The van der Waals surface area contributed by atoms with Gasteiger partial charge in [0.1, 0.15) is 0 Å². The van der Waals surface area contributed by atoms with Gasteiger partial charge in [-0.3, -0.25) is 0 Å². The summed E-state index contributed by atoms with van der Waals surface area (Å²) < 4.78 is 0. The van der Waals surface area contributed by atoms with Crippen molar-refractivity contribution in [1.82, 2.24) is 10.2 Å². The third kappa shape index (κ3) is 2.35. The van der Waals surface area contributed by atoms with Crippen molar-refractivity contribution in [1.29, 1.82) is 0 Å². The van der Waals surface area contributed by atoms with E-state index in [0.717, 1.165) is 6.42 Å². The van der Waals surface area contributed by atoms with E-state index in [1.165, 1.54) is 0 Å². The van der Waals surface area contributed by atoms with Gasteiger partial charge in [-0.15, -0.1) is 10.2 Å². The lowest BCUT2D eigenvalue weighted by Gasteiger charge is -2.13. The molecule has 1 unspecified atom stereocenters. The molecule has 0 amide bonds. The molecule has 1 aromatic heterocycles. The van der Waals surface area contributed by atoms with Crippen molar-refractivity contribution in [3.05, 3.63) is 21.4 Å². The Balaban J connectivity index is 3.11. The minimum Gasteiger partial charge on any atom is -0.388 e. The molecule has 0 saturated carbocycles. The first-order chi connectivity index (χ1) is 6.57. The Morgan fingerprint density at radius 3 is 2.43 bits per heavy atom. The van der Waals surface area contributed by atoms with E-state index in [1.807, 2.05) is 6.92 Å². The van der Waals surface area contributed by atoms with Gasteiger partial charge in [-0.2, -0.15) is 0 Å². The summed E-state index contributed by atoms with van der Waals surface area (Å²) in [5.41, 5.74) is 1.29. The van der Waals surface area contributed by atoms with Gasteiger partial charge in [0.25, 0.3) is 0 Å². The molecule has 14 heavy (non-hydrogen) atoms. The monoisotopic (exact) mass is 234 g/mol. The van der Waals surface area contributed by atoms with Crippen LogP contribution < -0.4 is 0 Å². The van der Waals surface area contributed by atoms with Gasteiger partial charge in [0, 0.05) is 5.56 Å².